The molecule has 82 valence electrons. The summed E-state index contributed by atoms with van der Waals surface area (Å²) >= 11 is 0. The number of hydrogen-bond acceptors (Lipinski definition) is 4. The predicted molar refractivity (Wildman–Crippen MR) is 55.5 cm³/mol. The summed E-state index contributed by atoms with van der Waals surface area (Å²) in [5.74, 6) is 5.85. The summed E-state index contributed by atoms with van der Waals surface area (Å²) in [4.78, 5) is 15.6. The van der Waals surface area contributed by atoms with Crippen LogP contribution in [0.25, 0.3) is 0 Å². The Hall–Kier alpha value is -0.650. The summed E-state index contributed by atoms with van der Waals surface area (Å²) in [5.41, 5.74) is 0. The molecule has 5 nitrogen and oxygen atoms in total. The number of nitrogens with two attached hydrogens (primary N) is 1. The molecule has 1 aliphatic heterocycles. The van der Waals surface area contributed by atoms with Crippen molar-refractivity contribution in [1.29, 1.82) is 0 Å². The molecule has 1 amide bonds. The molecule has 2 N–H and O–H groups in total. The van der Waals surface area contributed by atoms with E-state index < -0.39 is 0 Å². The van der Waals surface area contributed by atoms with Gasteiger partial charge in [0, 0.05) is 39.1 Å². The van der Waals surface area contributed by atoms with Gasteiger partial charge in [0.1, 0.15) is 0 Å². The van der Waals surface area contributed by atoms with E-state index in [2.05, 4.69) is 0 Å². The van der Waals surface area contributed by atoms with Gasteiger partial charge in [0.15, 0.2) is 0 Å². The Morgan fingerprint density at radius 2 is 1.86 bits per heavy atom. The minimum atomic E-state index is 0.242. The van der Waals surface area contributed by atoms with Crippen LogP contribution in [0.1, 0.15) is 6.42 Å². The number of carbonyl (C=O) groups excluding carboxylic acids is 1. The van der Waals surface area contributed by atoms with Crippen molar-refractivity contribution in [2.24, 2.45) is 5.84 Å². The second kappa shape index (κ2) is 5.29. The maximum absolute atomic E-state index is 11.6. The van der Waals surface area contributed by atoms with Crippen molar-refractivity contribution in [3.05, 3.63) is 0 Å². The highest BCUT2D eigenvalue weighted by Gasteiger charge is 2.18. The normalized spacial score (nSPS) is 19.0. The van der Waals surface area contributed by atoms with Gasteiger partial charge in [-0.05, 0) is 14.1 Å². The number of amides is 1. The van der Waals surface area contributed by atoms with Crippen molar-refractivity contribution in [2.75, 3.05) is 46.8 Å². The summed E-state index contributed by atoms with van der Waals surface area (Å²) in [6.07, 6.45) is 0.609. The molecule has 1 rings (SSSR count). The van der Waals surface area contributed by atoms with E-state index in [1.165, 1.54) is 0 Å². The van der Waals surface area contributed by atoms with Gasteiger partial charge in [-0.2, -0.15) is 0 Å². The summed E-state index contributed by atoms with van der Waals surface area (Å²) in [6.45, 7) is 3.93. The topological polar surface area (TPSA) is 52.8 Å². The molecule has 0 saturated carbocycles. The van der Waals surface area contributed by atoms with Crippen molar-refractivity contribution in [3.63, 3.8) is 0 Å². The molecule has 0 unspecified atom stereocenters. The zero-order valence-electron chi connectivity index (χ0n) is 9.07. The molecular weight excluding hydrogens is 180 g/mol. The average molecular weight is 200 g/mol. The highest BCUT2D eigenvalue weighted by molar-refractivity contribution is 5.76. The molecule has 0 aromatic rings. The van der Waals surface area contributed by atoms with Gasteiger partial charge < -0.3 is 9.80 Å². The molecule has 0 bridgehead atoms. The second-order valence-corrected chi connectivity index (χ2v) is 3.97. The summed E-state index contributed by atoms with van der Waals surface area (Å²) in [7, 11) is 3.95. The molecule has 0 aliphatic carbocycles. The molecule has 0 spiro atoms. The minimum Gasteiger partial charge on any atom is -0.340 e. The molecule has 1 saturated heterocycles. The van der Waals surface area contributed by atoms with Crippen molar-refractivity contribution in [3.8, 4) is 0 Å². The Morgan fingerprint density at radius 3 is 2.36 bits per heavy atom. The van der Waals surface area contributed by atoms with E-state index >= 15 is 0 Å². The monoisotopic (exact) mass is 200 g/mol. The van der Waals surface area contributed by atoms with E-state index in [1.807, 2.05) is 23.9 Å². The molecule has 0 aromatic carbocycles. The first-order valence-electron chi connectivity index (χ1n) is 5.02. The minimum absolute atomic E-state index is 0.242. The number of nitrogens with zero attached hydrogens (tertiary/aromatic N) is 3. The SMILES string of the molecule is CN(C)CCC(=O)N1CCN(N)CC1. The third-order valence-corrected chi connectivity index (χ3v) is 2.44. The zero-order chi connectivity index (χ0) is 10.6. The van der Waals surface area contributed by atoms with E-state index in [4.69, 9.17) is 5.84 Å². The molecule has 0 aromatic heterocycles. The van der Waals surface area contributed by atoms with Crippen LogP contribution in [0.15, 0.2) is 0 Å². The third kappa shape index (κ3) is 3.61. The van der Waals surface area contributed by atoms with Crippen LogP contribution in [-0.4, -0.2) is 67.5 Å². The van der Waals surface area contributed by atoms with Crippen LogP contribution in [0.3, 0.4) is 0 Å². The molecular formula is C9H20N4O. The average Bonchev–Trinajstić information content (AvgIpc) is 2.15. The van der Waals surface area contributed by atoms with E-state index in [0.29, 0.717) is 6.42 Å². The summed E-state index contributed by atoms with van der Waals surface area (Å²) in [5, 5.41) is 1.76. The van der Waals surface area contributed by atoms with Crippen LogP contribution < -0.4 is 5.84 Å². The van der Waals surface area contributed by atoms with Crippen molar-refractivity contribution < 1.29 is 4.79 Å². The van der Waals surface area contributed by atoms with E-state index in [0.717, 1.165) is 32.7 Å². The fourth-order valence-electron chi connectivity index (χ4n) is 1.45. The molecule has 1 fully saturated rings. The standard InChI is InChI=1S/C9H20N4O/c1-11(2)4-3-9(14)12-5-7-13(10)8-6-12/h3-8,10H2,1-2H3. The number of hydrazine groups is 1. The lowest BCUT2D eigenvalue weighted by atomic mass is 10.3. The maximum Gasteiger partial charge on any atom is 0.223 e. The van der Waals surface area contributed by atoms with Crippen LogP contribution in [-0.2, 0) is 4.79 Å². The smallest absolute Gasteiger partial charge is 0.223 e. The second-order valence-electron chi connectivity index (χ2n) is 3.97. The Balaban J connectivity index is 2.24. The van der Waals surface area contributed by atoms with Gasteiger partial charge >= 0.3 is 0 Å². The van der Waals surface area contributed by atoms with Crippen LogP contribution in [0.4, 0.5) is 0 Å². The summed E-state index contributed by atoms with van der Waals surface area (Å²) in [6, 6.07) is 0. The van der Waals surface area contributed by atoms with Crippen LogP contribution in [0.5, 0.6) is 0 Å². The fraction of sp³-hybridized carbons (Fsp3) is 0.889. The summed E-state index contributed by atoms with van der Waals surface area (Å²) < 4.78 is 0. The number of rotatable bonds is 3. The lowest BCUT2D eigenvalue weighted by Crippen LogP contribution is -2.51. The third-order valence-electron chi connectivity index (χ3n) is 2.44. The van der Waals surface area contributed by atoms with E-state index in [1.54, 1.807) is 5.01 Å². The lowest BCUT2D eigenvalue weighted by molar-refractivity contribution is -0.133. The molecule has 0 radical (unpaired) electrons. The molecule has 14 heavy (non-hydrogen) atoms. The number of carbonyl (C=O) groups is 1. The number of piperazine rings is 1. The van der Waals surface area contributed by atoms with Crippen molar-refractivity contribution >= 4 is 5.91 Å². The quantitative estimate of drug-likeness (QED) is 0.591. The molecule has 1 aliphatic rings. The fourth-order valence-corrected chi connectivity index (χ4v) is 1.45. The molecule has 0 atom stereocenters. The maximum atomic E-state index is 11.6. The first kappa shape index (κ1) is 11.4. The lowest BCUT2D eigenvalue weighted by Gasteiger charge is -2.32. The van der Waals surface area contributed by atoms with Crippen molar-refractivity contribution in [2.45, 2.75) is 6.42 Å². The highest BCUT2D eigenvalue weighted by Crippen LogP contribution is 2.00. The van der Waals surface area contributed by atoms with Gasteiger partial charge in [0.25, 0.3) is 0 Å². The molecule has 1 heterocycles. The first-order chi connectivity index (χ1) is 6.59. The van der Waals surface area contributed by atoms with Gasteiger partial charge in [-0.15, -0.1) is 0 Å². The zero-order valence-corrected chi connectivity index (χ0v) is 9.07. The van der Waals surface area contributed by atoms with Crippen LogP contribution >= 0.6 is 0 Å². The van der Waals surface area contributed by atoms with Crippen molar-refractivity contribution in [1.82, 2.24) is 14.8 Å². The Morgan fingerprint density at radius 1 is 1.29 bits per heavy atom. The molecule has 5 heteroatoms. The number of hydrogen-bond donors (Lipinski definition) is 1. The van der Waals surface area contributed by atoms with Crippen LogP contribution in [0, 0.1) is 0 Å². The van der Waals surface area contributed by atoms with Gasteiger partial charge in [0.05, 0.1) is 0 Å². The van der Waals surface area contributed by atoms with E-state index in [-0.39, 0.29) is 5.91 Å². The van der Waals surface area contributed by atoms with E-state index in [9.17, 15) is 4.79 Å². The largest absolute Gasteiger partial charge is 0.340 e. The van der Waals surface area contributed by atoms with Gasteiger partial charge in [-0.25, -0.2) is 5.01 Å². The Kier molecular flexibility index (Phi) is 4.31. The predicted octanol–water partition coefficient (Wildman–Crippen LogP) is -1.04. The van der Waals surface area contributed by atoms with Gasteiger partial charge in [-0.1, -0.05) is 0 Å². The first-order valence-corrected chi connectivity index (χ1v) is 5.02. The van der Waals surface area contributed by atoms with Crippen LogP contribution in [0.2, 0.25) is 0 Å². The Labute approximate surface area is 85.4 Å². The Bertz CT molecular complexity index is 187. The van der Waals surface area contributed by atoms with Gasteiger partial charge in [0.2, 0.25) is 5.91 Å². The highest BCUT2D eigenvalue weighted by atomic mass is 16.2. The van der Waals surface area contributed by atoms with Gasteiger partial charge in [-0.3, -0.25) is 10.6 Å².